The molecule has 0 bridgehead atoms. The number of hydrogen-bond donors (Lipinski definition) is 0. The first-order chi connectivity index (χ1) is 41.2. The number of rotatable bonds is 7. The Morgan fingerprint density at radius 2 is 0.783 bits per heavy atom. The van der Waals surface area contributed by atoms with Crippen molar-refractivity contribution in [1.29, 1.82) is 0 Å². The SMILES string of the molecule is c1ccc(-c2ccc(-c3cccc(-c4ccc(-c5ccccc5)cc4)c3N3c4cc5c(cc4B4c6c3cc(-c3ccccc3)cc6-n3c6ccccc6c6c7c8ccccc8n(-c8ccccc8)c7cc4c63)sc3ccccc35)cc2)cc1. The lowest BCUT2D eigenvalue weighted by Crippen LogP contribution is -2.60. The van der Waals surface area contributed by atoms with Gasteiger partial charge in [0.05, 0.1) is 27.8 Å². The first-order valence-corrected chi connectivity index (χ1v) is 29.5. The number of benzene rings is 13. The largest absolute Gasteiger partial charge is 0.310 e. The predicted molar refractivity (Wildman–Crippen MR) is 355 cm³/mol. The molecule has 0 fully saturated rings. The molecule has 2 aliphatic heterocycles. The summed E-state index contributed by atoms with van der Waals surface area (Å²) >= 11 is 1.91. The van der Waals surface area contributed by atoms with E-state index in [9.17, 15) is 0 Å². The summed E-state index contributed by atoms with van der Waals surface area (Å²) in [5, 5.41) is 7.64. The Morgan fingerprint density at radius 3 is 1.41 bits per heavy atom. The summed E-state index contributed by atoms with van der Waals surface area (Å²) in [7, 11) is 0. The van der Waals surface area contributed by atoms with E-state index in [-0.39, 0.29) is 6.71 Å². The highest BCUT2D eigenvalue weighted by atomic mass is 32.1. The Kier molecular flexibility index (Phi) is 10.1. The lowest BCUT2D eigenvalue weighted by atomic mass is 9.33. The molecule has 3 aromatic heterocycles. The Balaban J connectivity index is 1.01. The summed E-state index contributed by atoms with van der Waals surface area (Å²) in [6.07, 6.45) is 0. The van der Waals surface area contributed by atoms with E-state index in [0.717, 1.165) is 33.6 Å². The topological polar surface area (TPSA) is 13.1 Å². The molecule has 16 aromatic rings. The summed E-state index contributed by atoms with van der Waals surface area (Å²) in [6.45, 7) is -0.137. The maximum Gasteiger partial charge on any atom is 0.252 e. The molecule has 384 valence electrons. The van der Waals surface area contributed by atoms with Crippen molar-refractivity contribution in [3.8, 4) is 67.0 Å². The normalized spacial score (nSPS) is 12.5. The number of para-hydroxylation sites is 4. The van der Waals surface area contributed by atoms with Gasteiger partial charge in [0.15, 0.2) is 0 Å². The molecular formula is C78H48BN3S. The van der Waals surface area contributed by atoms with Crippen molar-refractivity contribution in [1.82, 2.24) is 9.13 Å². The van der Waals surface area contributed by atoms with Crippen LogP contribution in [0.1, 0.15) is 0 Å². The molecule has 0 N–H and O–H groups in total. The second kappa shape index (κ2) is 18.0. The highest BCUT2D eigenvalue weighted by Gasteiger charge is 2.44. The van der Waals surface area contributed by atoms with E-state index in [1.807, 2.05) is 11.3 Å². The van der Waals surface area contributed by atoms with Crippen LogP contribution in [0.4, 0.5) is 17.1 Å². The lowest BCUT2D eigenvalue weighted by Gasteiger charge is -2.42. The summed E-state index contributed by atoms with van der Waals surface area (Å²) in [5.41, 5.74) is 26.4. The number of fused-ring (bicyclic) bond motifs is 14. The monoisotopic (exact) mass is 1070 g/mol. The van der Waals surface area contributed by atoms with Crippen molar-refractivity contribution in [2.45, 2.75) is 0 Å². The molecule has 5 heteroatoms. The van der Waals surface area contributed by atoms with E-state index in [2.05, 4.69) is 305 Å². The fourth-order valence-corrected chi connectivity index (χ4v) is 15.4. The highest BCUT2D eigenvalue weighted by Crippen LogP contribution is 2.52. The van der Waals surface area contributed by atoms with E-state index in [4.69, 9.17) is 0 Å². The van der Waals surface area contributed by atoms with Gasteiger partial charge in [0, 0.05) is 75.6 Å². The average molecular weight is 1070 g/mol. The van der Waals surface area contributed by atoms with Crippen molar-refractivity contribution in [3.05, 3.63) is 291 Å². The van der Waals surface area contributed by atoms with Crippen LogP contribution in [0.15, 0.2) is 291 Å². The van der Waals surface area contributed by atoms with Crippen LogP contribution >= 0.6 is 11.3 Å². The lowest BCUT2D eigenvalue weighted by molar-refractivity contribution is 1.17. The van der Waals surface area contributed by atoms with Crippen LogP contribution < -0.4 is 21.3 Å². The molecular weight excluding hydrogens is 1020 g/mol. The van der Waals surface area contributed by atoms with Gasteiger partial charge in [-0.1, -0.05) is 231 Å². The Bertz CT molecular complexity index is 5190. The van der Waals surface area contributed by atoms with Gasteiger partial charge < -0.3 is 14.0 Å². The second-order valence-corrected chi connectivity index (χ2v) is 23.4. The molecule has 0 atom stereocenters. The van der Waals surface area contributed by atoms with Crippen molar-refractivity contribution >= 4 is 115 Å². The standard InChI is InChI=1S/C78H48BN3S/c1-5-20-49(21-6-1)52-36-40-54(41-37-52)58-31-19-32-59(55-42-38-53(39-43-55)50-22-7-2-8-23-50)77(58)82-68-46-63-60-28-15-18-35-72(60)83-73(63)48-64(68)79-65-47-69-74(61-29-13-16-33-66(61)80(69)57-26-11-4-12-27-57)75-62-30-14-17-34-67(62)81(78(65)75)70-44-56(45-71(82)76(70)79)51-24-9-3-10-25-51/h1-48H. The zero-order valence-electron chi connectivity index (χ0n) is 45.0. The maximum atomic E-state index is 2.69. The number of hydrogen-bond acceptors (Lipinski definition) is 2. The smallest absolute Gasteiger partial charge is 0.252 e. The Hall–Kier alpha value is -10.5. The van der Waals surface area contributed by atoms with Gasteiger partial charge in [-0.05, 0) is 122 Å². The molecule has 0 amide bonds. The third-order valence-corrected chi connectivity index (χ3v) is 19.0. The van der Waals surface area contributed by atoms with Gasteiger partial charge in [0.2, 0.25) is 0 Å². The van der Waals surface area contributed by atoms with Crippen molar-refractivity contribution in [2.75, 3.05) is 4.90 Å². The average Bonchev–Trinajstić information content (AvgIpc) is 1.69. The molecule has 13 aromatic carbocycles. The van der Waals surface area contributed by atoms with E-state index >= 15 is 0 Å². The predicted octanol–water partition coefficient (Wildman–Crippen LogP) is 19.2. The van der Waals surface area contributed by atoms with Crippen LogP contribution in [0.25, 0.3) is 131 Å². The minimum atomic E-state index is -0.137. The fraction of sp³-hybridized carbons (Fsp3) is 0. The molecule has 0 saturated heterocycles. The summed E-state index contributed by atoms with van der Waals surface area (Å²) in [6, 6.07) is 109. The van der Waals surface area contributed by atoms with Crippen molar-refractivity contribution in [2.24, 2.45) is 0 Å². The molecule has 2 aliphatic rings. The van der Waals surface area contributed by atoms with Crippen LogP contribution in [0.2, 0.25) is 0 Å². The van der Waals surface area contributed by atoms with Gasteiger partial charge in [-0.15, -0.1) is 11.3 Å². The van der Waals surface area contributed by atoms with Crippen molar-refractivity contribution in [3.63, 3.8) is 0 Å². The minimum absolute atomic E-state index is 0.137. The number of nitrogens with zero attached hydrogens (tertiary/aromatic N) is 3. The van der Waals surface area contributed by atoms with Crippen LogP contribution in [-0.4, -0.2) is 15.8 Å². The van der Waals surface area contributed by atoms with Gasteiger partial charge in [-0.25, -0.2) is 0 Å². The van der Waals surface area contributed by atoms with Gasteiger partial charge >= 0.3 is 0 Å². The van der Waals surface area contributed by atoms with E-state index in [1.54, 1.807) is 0 Å². The Labute approximate surface area is 484 Å². The molecule has 0 spiro atoms. The first kappa shape index (κ1) is 46.3. The van der Waals surface area contributed by atoms with E-state index in [0.29, 0.717) is 0 Å². The fourth-order valence-electron chi connectivity index (χ4n) is 14.3. The zero-order valence-corrected chi connectivity index (χ0v) is 45.9. The third kappa shape index (κ3) is 6.86. The maximum absolute atomic E-state index is 2.69. The molecule has 0 radical (unpaired) electrons. The summed E-state index contributed by atoms with van der Waals surface area (Å²) in [5.74, 6) is 0. The zero-order chi connectivity index (χ0) is 54.3. The van der Waals surface area contributed by atoms with Crippen molar-refractivity contribution < 1.29 is 0 Å². The number of aromatic nitrogens is 2. The first-order valence-electron chi connectivity index (χ1n) is 28.7. The number of anilines is 3. The molecule has 18 rings (SSSR count). The van der Waals surface area contributed by atoms with Crippen LogP contribution in [0.5, 0.6) is 0 Å². The van der Waals surface area contributed by atoms with E-state index < -0.39 is 0 Å². The highest BCUT2D eigenvalue weighted by molar-refractivity contribution is 7.26. The van der Waals surface area contributed by atoms with Crippen LogP contribution in [0.3, 0.4) is 0 Å². The molecule has 0 saturated carbocycles. The van der Waals surface area contributed by atoms with Gasteiger partial charge in [0.25, 0.3) is 6.71 Å². The molecule has 3 nitrogen and oxygen atoms in total. The van der Waals surface area contributed by atoms with Crippen LogP contribution in [0, 0.1) is 0 Å². The minimum Gasteiger partial charge on any atom is -0.310 e. The van der Waals surface area contributed by atoms with Gasteiger partial charge in [-0.2, -0.15) is 0 Å². The Morgan fingerprint density at radius 1 is 0.289 bits per heavy atom. The molecule has 0 aliphatic carbocycles. The van der Waals surface area contributed by atoms with Crippen LogP contribution in [-0.2, 0) is 0 Å². The molecule has 5 heterocycles. The van der Waals surface area contributed by atoms with Gasteiger partial charge in [0.1, 0.15) is 0 Å². The summed E-state index contributed by atoms with van der Waals surface area (Å²) < 4.78 is 7.74. The second-order valence-electron chi connectivity index (χ2n) is 22.3. The third-order valence-electron chi connectivity index (χ3n) is 17.9. The molecule has 83 heavy (non-hydrogen) atoms. The number of thiophene rings is 1. The molecule has 0 unspecified atom stereocenters. The summed E-state index contributed by atoms with van der Waals surface area (Å²) in [4.78, 5) is 2.69. The van der Waals surface area contributed by atoms with Gasteiger partial charge in [-0.3, -0.25) is 0 Å². The quantitative estimate of drug-likeness (QED) is 0.145. The van der Waals surface area contributed by atoms with E-state index in [1.165, 1.54) is 131 Å².